The molecule has 0 atom stereocenters. The zero-order chi connectivity index (χ0) is 13.7. The van der Waals surface area contributed by atoms with Crippen LogP contribution in [-0.4, -0.2) is 54.6 Å². The molecule has 0 bridgehead atoms. The molecule has 114 valence electrons. The van der Waals surface area contributed by atoms with E-state index in [0.29, 0.717) is 0 Å². The van der Waals surface area contributed by atoms with Gasteiger partial charge in [-0.3, -0.25) is 4.79 Å². The molecule has 2 heterocycles. The Morgan fingerprint density at radius 1 is 1.35 bits per heavy atom. The summed E-state index contributed by atoms with van der Waals surface area (Å²) in [5, 5.41) is 6.33. The van der Waals surface area contributed by atoms with Gasteiger partial charge in [-0.15, -0.1) is 12.4 Å². The second-order valence-electron chi connectivity index (χ2n) is 5.12. The largest absolute Gasteiger partial charge is 0.351 e. The lowest BCUT2D eigenvalue weighted by atomic mass is 10.3. The highest BCUT2D eigenvalue weighted by molar-refractivity contribution is 5.92. The highest BCUT2D eigenvalue weighted by Crippen LogP contribution is 2.05. The molecule has 20 heavy (non-hydrogen) atoms. The summed E-state index contributed by atoms with van der Waals surface area (Å²) in [7, 11) is 1.92. The van der Waals surface area contributed by atoms with Crippen molar-refractivity contribution in [1.29, 1.82) is 0 Å². The van der Waals surface area contributed by atoms with E-state index >= 15 is 0 Å². The van der Waals surface area contributed by atoms with Crippen LogP contribution in [0.3, 0.4) is 0 Å². The molecule has 0 aromatic carbocycles. The number of hydrogen-bond donors (Lipinski definition) is 2. The van der Waals surface area contributed by atoms with Gasteiger partial charge in [0.2, 0.25) is 0 Å². The van der Waals surface area contributed by atoms with Crippen molar-refractivity contribution in [3.8, 4) is 0 Å². The predicted molar refractivity (Wildman–Crippen MR) is 83.7 cm³/mol. The van der Waals surface area contributed by atoms with Crippen molar-refractivity contribution in [2.24, 2.45) is 7.05 Å². The molecule has 0 spiro atoms. The van der Waals surface area contributed by atoms with Crippen molar-refractivity contribution in [3.63, 3.8) is 0 Å². The first-order valence-electron chi connectivity index (χ1n) is 7.02. The molecule has 1 amide bonds. The Kier molecular flexibility index (Phi) is 7.05. The Morgan fingerprint density at radius 2 is 2.05 bits per heavy atom. The van der Waals surface area contributed by atoms with E-state index in [9.17, 15) is 4.79 Å². The number of carbonyl (C=O) groups is 1. The molecule has 1 aromatic rings. The topological polar surface area (TPSA) is 49.3 Å². The maximum absolute atomic E-state index is 12.0. The average Bonchev–Trinajstić information content (AvgIpc) is 2.76. The second-order valence-corrected chi connectivity index (χ2v) is 5.12. The SMILES string of the molecule is Cc1ccc(C(=O)NCCCN2CCNCC2)n1C.Cl. The van der Waals surface area contributed by atoms with Crippen molar-refractivity contribution in [3.05, 3.63) is 23.5 Å². The highest BCUT2D eigenvalue weighted by atomic mass is 35.5. The summed E-state index contributed by atoms with van der Waals surface area (Å²) >= 11 is 0. The van der Waals surface area contributed by atoms with Crippen LogP contribution in [0.2, 0.25) is 0 Å². The summed E-state index contributed by atoms with van der Waals surface area (Å²) in [5.41, 5.74) is 1.84. The third kappa shape index (κ3) is 4.51. The van der Waals surface area contributed by atoms with E-state index in [1.807, 2.05) is 30.7 Å². The molecule has 0 aliphatic carbocycles. The first-order chi connectivity index (χ1) is 9.18. The van der Waals surface area contributed by atoms with Gasteiger partial charge in [-0.1, -0.05) is 0 Å². The van der Waals surface area contributed by atoms with Gasteiger partial charge in [-0.2, -0.15) is 0 Å². The molecule has 1 aliphatic rings. The van der Waals surface area contributed by atoms with E-state index in [-0.39, 0.29) is 18.3 Å². The van der Waals surface area contributed by atoms with Gasteiger partial charge in [-0.25, -0.2) is 0 Å². The fourth-order valence-corrected chi connectivity index (χ4v) is 2.37. The van der Waals surface area contributed by atoms with E-state index in [1.54, 1.807) is 0 Å². The Bertz CT molecular complexity index is 427. The fourth-order valence-electron chi connectivity index (χ4n) is 2.37. The summed E-state index contributed by atoms with van der Waals surface area (Å²) in [5.74, 6) is 0.0240. The van der Waals surface area contributed by atoms with E-state index < -0.39 is 0 Å². The average molecular weight is 301 g/mol. The molecule has 6 heteroatoms. The minimum Gasteiger partial charge on any atom is -0.351 e. The highest BCUT2D eigenvalue weighted by Gasteiger charge is 2.11. The molecule has 2 N–H and O–H groups in total. The number of aromatic nitrogens is 1. The van der Waals surface area contributed by atoms with Crippen LogP contribution in [0.4, 0.5) is 0 Å². The molecule has 0 radical (unpaired) electrons. The Labute approximate surface area is 127 Å². The molecule has 1 aromatic heterocycles. The lowest BCUT2D eigenvalue weighted by Crippen LogP contribution is -2.44. The monoisotopic (exact) mass is 300 g/mol. The van der Waals surface area contributed by atoms with Crippen LogP contribution in [0, 0.1) is 6.92 Å². The van der Waals surface area contributed by atoms with Gasteiger partial charge in [0.05, 0.1) is 0 Å². The van der Waals surface area contributed by atoms with Crippen LogP contribution in [0.1, 0.15) is 22.6 Å². The van der Waals surface area contributed by atoms with Crippen LogP contribution in [0.15, 0.2) is 12.1 Å². The molecular weight excluding hydrogens is 276 g/mol. The van der Waals surface area contributed by atoms with Gasteiger partial charge in [0, 0.05) is 45.5 Å². The van der Waals surface area contributed by atoms with Crippen molar-refractivity contribution < 1.29 is 4.79 Å². The van der Waals surface area contributed by atoms with Crippen LogP contribution in [0.5, 0.6) is 0 Å². The van der Waals surface area contributed by atoms with Crippen LogP contribution in [-0.2, 0) is 7.05 Å². The molecule has 2 rings (SSSR count). The lowest BCUT2D eigenvalue weighted by molar-refractivity contribution is 0.0943. The normalized spacial score (nSPS) is 15.7. The zero-order valence-corrected chi connectivity index (χ0v) is 13.1. The number of rotatable bonds is 5. The van der Waals surface area contributed by atoms with Gasteiger partial charge >= 0.3 is 0 Å². The number of amides is 1. The number of hydrogen-bond acceptors (Lipinski definition) is 3. The number of nitrogens with one attached hydrogen (secondary N) is 2. The molecule has 0 saturated carbocycles. The Hall–Kier alpha value is -1.04. The minimum absolute atomic E-state index is 0. The third-order valence-corrected chi connectivity index (χ3v) is 3.75. The standard InChI is InChI=1S/C14H24N4O.ClH/c1-12-4-5-13(17(12)2)14(19)16-6-3-9-18-10-7-15-8-11-18;/h4-5,15H,3,6-11H2,1-2H3,(H,16,19);1H. The second kappa shape index (κ2) is 8.29. The number of piperazine rings is 1. The van der Waals surface area contributed by atoms with Crippen LogP contribution < -0.4 is 10.6 Å². The van der Waals surface area contributed by atoms with E-state index in [0.717, 1.165) is 57.1 Å². The first kappa shape index (κ1) is 17.0. The van der Waals surface area contributed by atoms with Crippen molar-refractivity contribution in [2.75, 3.05) is 39.3 Å². The van der Waals surface area contributed by atoms with E-state index in [4.69, 9.17) is 0 Å². The van der Waals surface area contributed by atoms with Gasteiger partial charge < -0.3 is 20.1 Å². The Balaban J connectivity index is 0.00000200. The maximum atomic E-state index is 12.0. The molecular formula is C14H25ClN4O. The Morgan fingerprint density at radius 3 is 2.65 bits per heavy atom. The smallest absolute Gasteiger partial charge is 0.267 e. The number of nitrogens with zero attached hydrogens (tertiary/aromatic N) is 2. The summed E-state index contributed by atoms with van der Waals surface area (Å²) in [6.07, 6.45) is 1.01. The van der Waals surface area contributed by atoms with Gasteiger partial charge in [0.25, 0.3) is 5.91 Å². The third-order valence-electron chi connectivity index (χ3n) is 3.75. The molecule has 5 nitrogen and oxygen atoms in total. The number of carbonyl (C=O) groups excluding carboxylic acids is 1. The number of halogens is 1. The summed E-state index contributed by atoms with van der Waals surface area (Å²) in [6.45, 7) is 8.20. The maximum Gasteiger partial charge on any atom is 0.267 e. The van der Waals surface area contributed by atoms with Gasteiger partial charge in [-0.05, 0) is 32.0 Å². The van der Waals surface area contributed by atoms with Crippen molar-refractivity contribution in [1.82, 2.24) is 20.1 Å². The lowest BCUT2D eigenvalue weighted by Gasteiger charge is -2.27. The predicted octanol–water partition coefficient (Wildman–Crippen LogP) is 0.780. The molecule has 1 saturated heterocycles. The van der Waals surface area contributed by atoms with Crippen molar-refractivity contribution in [2.45, 2.75) is 13.3 Å². The minimum atomic E-state index is 0. The van der Waals surface area contributed by atoms with E-state index in [2.05, 4.69) is 15.5 Å². The quantitative estimate of drug-likeness (QED) is 0.790. The molecule has 1 fully saturated rings. The van der Waals surface area contributed by atoms with Gasteiger partial charge in [0.1, 0.15) is 5.69 Å². The van der Waals surface area contributed by atoms with Crippen LogP contribution >= 0.6 is 12.4 Å². The fraction of sp³-hybridized carbons (Fsp3) is 0.643. The first-order valence-corrected chi connectivity index (χ1v) is 7.02. The van der Waals surface area contributed by atoms with Gasteiger partial charge in [0.15, 0.2) is 0 Å². The summed E-state index contributed by atoms with van der Waals surface area (Å²) < 4.78 is 1.92. The molecule has 0 unspecified atom stereocenters. The summed E-state index contributed by atoms with van der Waals surface area (Å²) in [6, 6.07) is 3.84. The van der Waals surface area contributed by atoms with Crippen LogP contribution in [0.25, 0.3) is 0 Å². The number of aryl methyl sites for hydroxylation is 1. The van der Waals surface area contributed by atoms with Crippen molar-refractivity contribution >= 4 is 18.3 Å². The molecule has 1 aliphatic heterocycles. The summed E-state index contributed by atoms with van der Waals surface area (Å²) in [4.78, 5) is 14.4. The zero-order valence-electron chi connectivity index (χ0n) is 12.3. The van der Waals surface area contributed by atoms with E-state index in [1.165, 1.54) is 0 Å².